The number of aliphatic hydroxyl groups is 1. The molecule has 2 rings (SSSR count). The fraction of sp³-hybridized carbons (Fsp3) is 0.625. The maximum absolute atomic E-state index is 9.54. The molecule has 1 aliphatic heterocycles. The summed E-state index contributed by atoms with van der Waals surface area (Å²) in [5, 5.41) is 9.54. The van der Waals surface area contributed by atoms with E-state index in [4.69, 9.17) is 14.0 Å². The zero-order valence-corrected chi connectivity index (χ0v) is 13.6. The van der Waals surface area contributed by atoms with E-state index >= 15 is 0 Å². The van der Waals surface area contributed by atoms with Gasteiger partial charge >= 0.3 is 7.12 Å². The summed E-state index contributed by atoms with van der Waals surface area (Å²) in [4.78, 5) is 0. The second kappa shape index (κ2) is 5.99. The molecule has 0 aromatic heterocycles. The van der Waals surface area contributed by atoms with Crippen molar-refractivity contribution in [2.75, 3.05) is 26.9 Å². The summed E-state index contributed by atoms with van der Waals surface area (Å²) in [6, 6.07) is 5.91. The third-order valence-electron chi connectivity index (χ3n) is 3.87. The van der Waals surface area contributed by atoms with Gasteiger partial charge in [0.05, 0.1) is 13.7 Å². The van der Waals surface area contributed by atoms with Gasteiger partial charge in [0.1, 0.15) is 5.75 Å². The van der Waals surface area contributed by atoms with Gasteiger partial charge in [-0.1, -0.05) is 39.8 Å². The summed E-state index contributed by atoms with van der Waals surface area (Å²) in [7, 11) is 1.29. The van der Waals surface area contributed by atoms with Crippen molar-refractivity contribution in [1.82, 2.24) is 0 Å². The first-order chi connectivity index (χ1) is 9.79. The number of ether oxygens (including phenoxy) is 1. The molecule has 0 radical (unpaired) electrons. The fourth-order valence-electron chi connectivity index (χ4n) is 2.38. The van der Waals surface area contributed by atoms with Crippen LogP contribution in [0.4, 0.5) is 0 Å². The van der Waals surface area contributed by atoms with Crippen LogP contribution < -0.4 is 10.2 Å². The van der Waals surface area contributed by atoms with E-state index in [1.54, 1.807) is 7.11 Å². The molecule has 0 atom stereocenters. The molecule has 0 aliphatic carbocycles. The molecule has 1 aliphatic rings. The first kappa shape index (κ1) is 16.3. The Morgan fingerprint density at radius 1 is 1.29 bits per heavy atom. The fourth-order valence-corrected chi connectivity index (χ4v) is 2.38. The molecule has 4 nitrogen and oxygen atoms in total. The van der Waals surface area contributed by atoms with Gasteiger partial charge < -0.3 is 19.2 Å². The Morgan fingerprint density at radius 3 is 2.43 bits per heavy atom. The van der Waals surface area contributed by atoms with Crippen LogP contribution in [0.5, 0.6) is 5.75 Å². The molecule has 1 aromatic rings. The standard InChI is InChI=1S/C16H25BO4/c1-15(2)10-20-17(21-11-15)12-6-7-13(14(8-12)19-5)16(3,4)9-18/h6-8,18H,9-11H2,1-5H3. The highest BCUT2D eigenvalue weighted by Crippen LogP contribution is 2.31. The normalized spacial score (nSPS) is 18.7. The Hall–Kier alpha value is -1.04. The van der Waals surface area contributed by atoms with E-state index in [1.165, 1.54) is 0 Å². The van der Waals surface area contributed by atoms with Crippen LogP contribution in [0, 0.1) is 5.41 Å². The zero-order chi connectivity index (χ0) is 15.7. The lowest BCUT2D eigenvalue weighted by Gasteiger charge is -2.33. The third kappa shape index (κ3) is 3.60. The van der Waals surface area contributed by atoms with Crippen molar-refractivity contribution in [3.8, 4) is 5.75 Å². The smallest absolute Gasteiger partial charge is 0.494 e. The summed E-state index contributed by atoms with van der Waals surface area (Å²) >= 11 is 0. The molecule has 1 heterocycles. The Labute approximate surface area is 127 Å². The van der Waals surface area contributed by atoms with Crippen molar-refractivity contribution in [1.29, 1.82) is 0 Å². The van der Waals surface area contributed by atoms with Crippen LogP contribution in [0.15, 0.2) is 18.2 Å². The highest BCUT2D eigenvalue weighted by molar-refractivity contribution is 6.61. The molecule has 1 fully saturated rings. The average Bonchev–Trinajstić information content (AvgIpc) is 2.46. The van der Waals surface area contributed by atoms with Crippen molar-refractivity contribution in [3.63, 3.8) is 0 Å². The SMILES string of the molecule is COc1cc(B2OCC(C)(C)CO2)ccc1C(C)(C)CO. The summed E-state index contributed by atoms with van der Waals surface area (Å²) in [5.74, 6) is 0.753. The van der Waals surface area contributed by atoms with Gasteiger partial charge in [0.2, 0.25) is 0 Å². The minimum Gasteiger partial charge on any atom is -0.496 e. The van der Waals surface area contributed by atoms with E-state index in [0.717, 1.165) is 16.8 Å². The molecule has 1 aromatic carbocycles. The number of methoxy groups -OCH3 is 1. The molecule has 21 heavy (non-hydrogen) atoms. The van der Waals surface area contributed by atoms with Crippen LogP contribution in [-0.2, 0) is 14.7 Å². The van der Waals surface area contributed by atoms with Gasteiger partial charge in [-0.2, -0.15) is 0 Å². The van der Waals surface area contributed by atoms with E-state index in [1.807, 2.05) is 32.0 Å². The number of benzene rings is 1. The van der Waals surface area contributed by atoms with Crippen molar-refractivity contribution >= 4 is 12.6 Å². The van der Waals surface area contributed by atoms with Crippen LogP contribution in [0.3, 0.4) is 0 Å². The molecule has 0 unspecified atom stereocenters. The van der Waals surface area contributed by atoms with Gasteiger partial charge in [-0.05, 0) is 11.5 Å². The van der Waals surface area contributed by atoms with E-state index in [0.29, 0.717) is 13.2 Å². The lowest BCUT2D eigenvalue weighted by Crippen LogP contribution is -2.47. The Bertz CT molecular complexity index is 489. The molecule has 0 spiro atoms. The molecule has 1 N–H and O–H groups in total. The molecule has 0 bridgehead atoms. The lowest BCUT2D eigenvalue weighted by molar-refractivity contribution is 0.0343. The van der Waals surface area contributed by atoms with Crippen LogP contribution in [0.25, 0.3) is 0 Å². The van der Waals surface area contributed by atoms with E-state index in [9.17, 15) is 5.11 Å². The molecule has 1 saturated heterocycles. The lowest BCUT2D eigenvalue weighted by atomic mass is 9.74. The molecular weight excluding hydrogens is 267 g/mol. The Morgan fingerprint density at radius 2 is 1.90 bits per heavy atom. The first-order valence-corrected chi connectivity index (χ1v) is 7.31. The van der Waals surface area contributed by atoms with Crippen molar-refractivity contribution < 1.29 is 19.2 Å². The maximum Gasteiger partial charge on any atom is 0.494 e. The monoisotopic (exact) mass is 292 g/mol. The molecule has 0 amide bonds. The minimum absolute atomic E-state index is 0.0550. The molecular formula is C16H25BO4. The number of aliphatic hydroxyl groups excluding tert-OH is 1. The van der Waals surface area contributed by atoms with Crippen molar-refractivity contribution in [2.24, 2.45) is 5.41 Å². The molecule has 5 heteroatoms. The summed E-state index contributed by atoms with van der Waals surface area (Å²) in [5.41, 5.74) is 1.63. The van der Waals surface area contributed by atoms with Gasteiger partial charge in [0.25, 0.3) is 0 Å². The number of hydrogen-bond acceptors (Lipinski definition) is 4. The Kier molecular flexibility index (Phi) is 4.66. The summed E-state index contributed by atoms with van der Waals surface area (Å²) in [6.07, 6.45) is 0. The number of rotatable bonds is 4. The van der Waals surface area contributed by atoms with Gasteiger partial charge in [-0.25, -0.2) is 0 Å². The van der Waals surface area contributed by atoms with Crippen LogP contribution in [0.2, 0.25) is 0 Å². The van der Waals surface area contributed by atoms with E-state index < -0.39 is 0 Å². The van der Waals surface area contributed by atoms with Gasteiger partial charge in [-0.3, -0.25) is 0 Å². The predicted molar refractivity (Wildman–Crippen MR) is 84.2 cm³/mol. The van der Waals surface area contributed by atoms with Crippen molar-refractivity contribution in [2.45, 2.75) is 33.1 Å². The number of hydrogen-bond donors (Lipinski definition) is 1. The van der Waals surface area contributed by atoms with Crippen LogP contribution in [0.1, 0.15) is 33.3 Å². The van der Waals surface area contributed by atoms with Gasteiger partial charge in [0.15, 0.2) is 0 Å². The molecule has 0 saturated carbocycles. The zero-order valence-electron chi connectivity index (χ0n) is 13.6. The van der Waals surface area contributed by atoms with Crippen LogP contribution in [-0.4, -0.2) is 39.2 Å². The van der Waals surface area contributed by atoms with Crippen LogP contribution >= 0.6 is 0 Å². The minimum atomic E-state index is -0.349. The largest absolute Gasteiger partial charge is 0.496 e. The van der Waals surface area contributed by atoms with Gasteiger partial charge in [-0.15, -0.1) is 0 Å². The average molecular weight is 292 g/mol. The highest BCUT2D eigenvalue weighted by atomic mass is 16.6. The third-order valence-corrected chi connectivity index (χ3v) is 3.87. The topological polar surface area (TPSA) is 47.9 Å². The van der Waals surface area contributed by atoms with E-state index in [-0.39, 0.29) is 24.6 Å². The second-order valence-electron chi connectivity index (χ2n) is 7.12. The summed E-state index contributed by atoms with van der Waals surface area (Å²) in [6.45, 7) is 9.62. The first-order valence-electron chi connectivity index (χ1n) is 7.31. The van der Waals surface area contributed by atoms with E-state index in [2.05, 4.69) is 13.8 Å². The maximum atomic E-state index is 9.54. The Balaban J connectivity index is 2.24. The second-order valence-corrected chi connectivity index (χ2v) is 7.12. The molecule has 116 valence electrons. The summed E-state index contributed by atoms with van der Waals surface area (Å²) < 4.78 is 17.1. The van der Waals surface area contributed by atoms with Crippen molar-refractivity contribution in [3.05, 3.63) is 23.8 Å². The quantitative estimate of drug-likeness (QED) is 0.859. The van der Waals surface area contributed by atoms with Gasteiger partial charge in [0, 0.05) is 29.6 Å². The highest BCUT2D eigenvalue weighted by Gasteiger charge is 2.34. The predicted octanol–water partition coefficient (Wildman–Crippen LogP) is 1.73.